The normalized spacial score (nSPS) is 12.4. The average molecular weight is 453 g/mol. The zero-order chi connectivity index (χ0) is 23.6. The maximum atomic E-state index is 6.31. The number of hydrogen-bond donors (Lipinski definition) is 0. The van der Waals surface area contributed by atoms with Crippen molar-refractivity contribution in [3.63, 3.8) is 0 Å². The molecule has 0 aromatic heterocycles. The Bertz CT molecular complexity index is 1460. The van der Waals surface area contributed by atoms with Crippen LogP contribution in [0.3, 0.4) is 0 Å². The summed E-state index contributed by atoms with van der Waals surface area (Å²) < 4.78 is 8.56. The summed E-state index contributed by atoms with van der Waals surface area (Å²) >= 11 is 0. The molecule has 0 spiro atoms. The minimum Gasteiger partial charge on any atom is -0.435 e. The Morgan fingerprint density at radius 1 is 0.571 bits per heavy atom. The lowest BCUT2D eigenvalue weighted by atomic mass is 9.90. The number of nitrogens with zero attached hydrogens (tertiary/aromatic N) is 1. The van der Waals surface area contributed by atoms with E-state index < -0.39 is 0 Å². The maximum Gasteiger partial charge on any atom is 0.292 e. The smallest absolute Gasteiger partial charge is 0.292 e. The van der Waals surface area contributed by atoms with Crippen molar-refractivity contribution in [2.45, 2.75) is 6.92 Å². The number of benzene rings is 5. The molecular weight excluding hydrogens is 426 g/mol. The Morgan fingerprint density at radius 2 is 1.11 bits per heavy atom. The van der Waals surface area contributed by atoms with Crippen molar-refractivity contribution in [3.8, 4) is 39.1 Å². The molecule has 6 rings (SSSR count). The van der Waals surface area contributed by atoms with E-state index in [1.807, 2.05) is 0 Å². The van der Waals surface area contributed by atoms with Gasteiger partial charge in [0.1, 0.15) is 5.75 Å². The first-order valence-corrected chi connectivity index (χ1v) is 12.0. The van der Waals surface area contributed by atoms with E-state index in [2.05, 4.69) is 139 Å². The van der Waals surface area contributed by atoms with Gasteiger partial charge in [-0.3, -0.25) is 0 Å². The molecule has 0 atom stereocenters. The van der Waals surface area contributed by atoms with Crippen LogP contribution in [0.15, 0.2) is 121 Å². The van der Waals surface area contributed by atoms with Gasteiger partial charge in [-0.1, -0.05) is 103 Å². The van der Waals surface area contributed by atoms with Crippen molar-refractivity contribution in [1.29, 1.82) is 0 Å². The second-order valence-corrected chi connectivity index (χ2v) is 8.88. The van der Waals surface area contributed by atoms with Gasteiger partial charge < -0.3 is 4.74 Å². The monoisotopic (exact) mass is 452 g/mol. The molecule has 0 amide bonds. The summed E-state index contributed by atoms with van der Waals surface area (Å²) in [5.74, 6) is 0.965. The number of hydrogen-bond acceptors (Lipinski definition) is 1. The zero-order valence-corrected chi connectivity index (χ0v) is 19.7. The van der Waals surface area contributed by atoms with E-state index in [1.165, 1.54) is 33.4 Å². The minimum absolute atomic E-state index is 0.461. The van der Waals surface area contributed by atoms with Gasteiger partial charge in [0.2, 0.25) is 5.69 Å². The maximum absolute atomic E-state index is 6.31. The Balaban J connectivity index is 1.67. The molecule has 0 N–H and O–H groups in total. The van der Waals surface area contributed by atoms with E-state index in [9.17, 15) is 0 Å². The first-order chi connectivity index (χ1) is 17.3. The summed E-state index contributed by atoms with van der Waals surface area (Å²) in [6.45, 7) is 2.56. The van der Waals surface area contributed by atoms with Gasteiger partial charge in [0.15, 0.2) is 6.21 Å². The average Bonchev–Trinajstić information content (AvgIpc) is 2.94. The highest BCUT2D eigenvalue weighted by Gasteiger charge is 2.28. The van der Waals surface area contributed by atoms with Crippen molar-refractivity contribution in [3.05, 3.63) is 132 Å². The Morgan fingerprint density at radius 3 is 1.69 bits per heavy atom. The lowest BCUT2D eigenvalue weighted by Gasteiger charge is -2.20. The van der Waals surface area contributed by atoms with Crippen molar-refractivity contribution >= 4 is 11.9 Å². The molecule has 0 fully saturated rings. The SMILES string of the molecule is Cc1cccc2c1OC[N+](c1c(-c3ccccc3)cc(-c3ccccc3)cc1-c1ccccc1)=C2. The molecule has 168 valence electrons. The molecule has 2 heteroatoms. The van der Waals surface area contributed by atoms with Crippen molar-refractivity contribution in [2.24, 2.45) is 0 Å². The van der Waals surface area contributed by atoms with Gasteiger partial charge in [-0.2, -0.15) is 4.58 Å². The van der Waals surface area contributed by atoms with E-state index in [0.717, 1.165) is 22.6 Å². The summed E-state index contributed by atoms with van der Waals surface area (Å²) in [4.78, 5) is 0. The fourth-order valence-electron chi connectivity index (χ4n) is 4.86. The van der Waals surface area contributed by atoms with Crippen molar-refractivity contribution < 1.29 is 9.31 Å². The number of para-hydroxylation sites is 1. The molecule has 35 heavy (non-hydrogen) atoms. The molecule has 1 aliphatic heterocycles. The van der Waals surface area contributed by atoms with Gasteiger partial charge in [-0.25, -0.2) is 0 Å². The van der Waals surface area contributed by atoms with Crippen LogP contribution in [0.5, 0.6) is 5.75 Å². The molecule has 2 nitrogen and oxygen atoms in total. The van der Waals surface area contributed by atoms with Crippen LogP contribution in [0.2, 0.25) is 0 Å². The Labute approximate surface area is 206 Å². The van der Waals surface area contributed by atoms with Gasteiger partial charge in [0.25, 0.3) is 6.73 Å². The number of ether oxygens (including phenoxy) is 1. The van der Waals surface area contributed by atoms with E-state index in [1.54, 1.807) is 0 Å². The molecule has 0 radical (unpaired) electrons. The quantitative estimate of drug-likeness (QED) is 0.251. The van der Waals surface area contributed by atoms with E-state index in [-0.39, 0.29) is 0 Å². The number of rotatable bonds is 4. The number of aryl methyl sites for hydroxylation is 1. The third-order valence-corrected chi connectivity index (χ3v) is 6.56. The molecule has 0 unspecified atom stereocenters. The topological polar surface area (TPSA) is 12.2 Å². The van der Waals surface area contributed by atoms with Crippen LogP contribution in [0.1, 0.15) is 11.1 Å². The lowest BCUT2D eigenvalue weighted by Crippen LogP contribution is -2.22. The third kappa shape index (κ3) is 4.04. The fraction of sp³-hybridized carbons (Fsp3) is 0.0606. The summed E-state index contributed by atoms with van der Waals surface area (Å²) in [6, 6.07) is 42.8. The van der Waals surface area contributed by atoms with Crippen LogP contribution in [0.4, 0.5) is 5.69 Å². The standard InChI is InChI=1S/C33H26NO/c1-24-12-11-19-28-22-34(23-35-33(24)28)32-30(26-15-7-3-8-16-26)20-29(25-13-5-2-6-14-25)21-31(32)27-17-9-4-10-18-27/h2-22H,23H2,1H3/q+1. The molecule has 0 aliphatic carbocycles. The van der Waals surface area contributed by atoms with Crippen LogP contribution in [0, 0.1) is 6.92 Å². The van der Waals surface area contributed by atoms with E-state index in [4.69, 9.17) is 4.74 Å². The number of fused-ring (bicyclic) bond motifs is 1. The van der Waals surface area contributed by atoms with Gasteiger partial charge in [0, 0.05) is 0 Å². The molecular formula is C33H26NO+. The van der Waals surface area contributed by atoms with Gasteiger partial charge in [-0.05, 0) is 52.9 Å². The third-order valence-electron chi connectivity index (χ3n) is 6.56. The summed E-state index contributed by atoms with van der Waals surface area (Å²) in [5, 5.41) is 0. The molecule has 1 heterocycles. The first-order valence-electron chi connectivity index (χ1n) is 12.0. The first kappa shape index (κ1) is 21.1. The van der Waals surface area contributed by atoms with E-state index in [0.29, 0.717) is 6.73 Å². The molecule has 5 aromatic rings. The van der Waals surface area contributed by atoms with Gasteiger partial charge >= 0.3 is 0 Å². The van der Waals surface area contributed by atoms with Gasteiger partial charge in [-0.15, -0.1) is 0 Å². The summed E-state index contributed by atoms with van der Waals surface area (Å²) in [5.41, 5.74) is 10.5. The Hall–Kier alpha value is -4.43. The van der Waals surface area contributed by atoms with Crippen molar-refractivity contribution in [2.75, 3.05) is 6.73 Å². The summed E-state index contributed by atoms with van der Waals surface area (Å²) in [7, 11) is 0. The van der Waals surface area contributed by atoms with Crippen LogP contribution in [0.25, 0.3) is 33.4 Å². The molecule has 0 bridgehead atoms. The predicted octanol–water partition coefficient (Wildman–Crippen LogP) is 8.11. The Kier molecular flexibility index (Phi) is 5.48. The molecule has 0 saturated heterocycles. The fourth-order valence-corrected chi connectivity index (χ4v) is 4.86. The second kappa shape index (κ2) is 9.08. The highest BCUT2D eigenvalue weighted by Crippen LogP contribution is 2.43. The second-order valence-electron chi connectivity index (χ2n) is 8.88. The molecule has 5 aromatic carbocycles. The molecule has 0 saturated carbocycles. The largest absolute Gasteiger partial charge is 0.435 e. The van der Waals surface area contributed by atoms with Gasteiger partial charge in [0.05, 0.1) is 16.7 Å². The zero-order valence-electron chi connectivity index (χ0n) is 19.7. The van der Waals surface area contributed by atoms with Crippen molar-refractivity contribution in [1.82, 2.24) is 0 Å². The van der Waals surface area contributed by atoms with Crippen LogP contribution >= 0.6 is 0 Å². The summed E-state index contributed by atoms with van der Waals surface area (Å²) in [6.07, 6.45) is 2.22. The minimum atomic E-state index is 0.461. The molecule has 1 aliphatic rings. The predicted molar refractivity (Wildman–Crippen MR) is 145 cm³/mol. The van der Waals surface area contributed by atoms with Crippen LogP contribution in [-0.4, -0.2) is 17.5 Å². The highest BCUT2D eigenvalue weighted by molar-refractivity contribution is 5.92. The van der Waals surface area contributed by atoms with E-state index >= 15 is 0 Å². The van der Waals surface area contributed by atoms with Crippen LogP contribution < -0.4 is 4.74 Å². The lowest BCUT2D eigenvalue weighted by molar-refractivity contribution is -0.475. The van der Waals surface area contributed by atoms with Crippen LogP contribution in [-0.2, 0) is 0 Å². The highest BCUT2D eigenvalue weighted by atomic mass is 16.5.